The van der Waals surface area contributed by atoms with Crippen LogP contribution in [0.1, 0.15) is 25.7 Å². The molecule has 1 saturated carbocycles. The largest absolute Gasteiger partial charge is 0.481 e. The molecule has 0 aromatic carbocycles. The molecule has 2 atom stereocenters. The van der Waals surface area contributed by atoms with E-state index in [1.807, 2.05) is 0 Å². The summed E-state index contributed by atoms with van der Waals surface area (Å²) >= 11 is 0. The Balaban J connectivity index is 1.88. The summed E-state index contributed by atoms with van der Waals surface area (Å²) in [4.78, 5) is 8.37. The molecular weight excluding hydrogens is 216 g/mol. The van der Waals surface area contributed by atoms with E-state index in [-0.39, 0.29) is 0 Å². The Bertz CT molecular complexity index is 358. The Morgan fingerprint density at radius 1 is 1.47 bits per heavy atom. The number of nitrogens with zero attached hydrogens (tertiary/aromatic N) is 2. The summed E-state index contributed by atoms with van der Waals surface area (Å²) in [6.45, 7) is 0.842. The molecule has 3 N–H and O–H groups in total. The van der Waals surface area contributed by atoms with Crippen LogP contribution in [0, 0.1) is 5.92 Å². The number of nitrogens with two attached hydrogens (primary N) is 1. The van der Waals surface area contributed by atoms with E-state index in [4.69, 9.17) is 10.5 Å². The molecule has 1 heterocycles. The molecule has 1 aromatic heterocycles. The van der Waals surface area contributed by atoms with Crippen LogP contribution in [0.25, 0.3) is 0 Å². The van der Waals surface area contributed by atoms with Crippen LogP contribution in [0.4, 0.5) is 5.95 Å². The third-order valence-corrected chi connectivity index (χ3v) is 3.33. The average Bonchev–Trinajstić information content (AvgIpc) is 2.38. The number of nitrogens with one attached hydrogen (secondary N) is 1. The quantitative estimate of drug-likeness (QED) is 0.827. The zero-order valence-electron chi connectivity index (χ0n) is 10.2. The van der Waals surface area contributed by atoms with E-state index in [1.165, 1.54) is 19.3 Å². The molecule has 17 heavy (non-hydrogen) atoms. The van der Waals surface area contributed by atoms with E-state index >= 15 is 0 Å². The molecule has 0 saturated heterocycles. The first-order valence-corrected chi connectivity index (χ1v) is 6.16. The lowest BCUT2D eigenvalue weighted by atomic mass is 9.85. The fourth-order valence-corrected chi connectivity index (χ4v) is 2.25. The van der Waals surface area contributed by atoms with E-state index in [2.05, 4.69) is 15.3 Å². The molecule has 0 spiro atoms. The monoisotopic (exact) mass is 236 g/mol. The molecule has 2 unspecified atom stereocenters. The fraction of sp³-hybridized carbons (Fsp3) is 0.667. The van der Waals surface area contributed by atoms with E-state index in [1.54, 1.807) is 19.4 Å². The Kier molecular flexibility index (Phi) is 4.14. The molecule has 0 aliphatic heterocycles. The smallest absolute Gasteiger partial charge is 0.225 e. The minimum absolute atomic E-state index is 0.307. The molecule has 5 heteroatoms. The Labute approximate surface area is 102 Å². The number of hydrogen-bond donors (Lipinski definition) is 2. The fourth-order valence-electron chi connectivity index (χ4n) is 2.25. The van der Waals surface area contributed by atoms with Crippen LogP contribution >= 0.6 is 0 Å². The van der Waals surface area contributed by atoms with Crippen molar-refractivity contribution in [2.24, 2.45) is 11.7 Å². The molecule has 1 aliphatic rings. The van der Waals surface area contributed by atoms with Crippen molar-refractivity contribution in [1.82, 2.24) is 9.97 Å². The highest BCUT2D eigenvalue weighted by Gasteiger charge is 2.21. The van der Waals surface area contributed by atoms with Gasteiger partial charge in [-0.3, -0.25) is 0 Å². The third kappa shape index (κ3) is 3.30. The zero-order chi connectivity index (χ0) is 12.1. The van der Waals surface area contributed by atoms with Gasteiger partial charge in [-0.1, -0.05) is 12.8 Å². The number of hydrogen-bond acceptors (Lipinski definition) is 5. The molecule has 2 rings (SSSR count). The van der Waals surface area contributed by atoms with E-state index in [0.29, 0.717) is 23.8 Å². The van der Waals surface area contributed by atoms with Crippen LogP contribution in [-0.4, -0.2) is 29.7 Å². The minimum Gasteiger partial charge on any atom is -0.481 e. The predicted octanol–water partition coefficient (Wildman–Crippen LogP) is 1.41. The first-order chi connectivity index (χ1) is 8.29. The van der Waals surface area contributed by atoms with Gasteiger partial charge in [-0.2, -0.15) is 4.98 Å². The van der Waals surface area contributed by atoms with Crippen LogP contribution in [0.15, 0.2) is 12.3 Å². The number of ether oxygens (including phenoxy) is 1. The van der Waals surface area contributed by atoms with Crippen LogP contribution < -0.4 is 15.8 Å². The van der Waals surface area contributed by atoms with Crippen molar-refractivity contribution in [1.29, 1.82) is 0 Å². The second kappa shape index (κ2) is 5.82. The summed E-state index contributed by atoms with van der Waals surface area (Å²) in [6.07, 6.45) is 6.55. The van der Waals surface area contributed by atoms with Gasteiger partial charge in [0.15, 0.2) is 0 Å². The van der Waals surface area contributed by atoms with Gasteiger partial charge in [0.25, 0.3) is 0 Å². The van der Waals surface area contributed by atoms with Crippen molar-refractivity contribution in [2.45, 2.75) is 31.7 Å². The second-order valence-corrected chi connectivity index (χ2v) is 4.51. The van der Waals surface area contributed by atoms with Gasteiger partial charge in [0.1, 0.15) is 0 Å². The van der Waals surface area contributed by atoms with Crippen molar-refractivity contribution in [3.63, 3.8) is 0 Å². The third-order valence-electron chi connectivity index (χ3n) is 3.33. The van der Waals surface area contributed by atoms with E-state index < -0.39 is 0 Å². The summed E-state index contributed by atoms with van der Waals surface area (Å²) in [5.74, 6) is 1.72. The lowest BCUT2D eigenvalue weighted by molar-refractivity contribution is 0.320. The lowest BCUT2D eigenvalue weighted by Crippen LogP contribution is -2.37. The maximum atomic E-state index is 6.09. The molecule has 1 aliphatic carbocycles. The maximum Gasteiger partial charge on any atom is 0.225 e. The number of anilines is 1. The van der Waals surface area contributed by atoms with Crippen LogP contribution in [0.2, 0.25) is 0 Å². The second-order valence-electron chi connectivity index (χ2n) is 4.51. The summed E-state index contributed by atoms with van der Waals surface area (Å²) in [7, 11) is 1.60. The van der Waals surface area contributed by atoms with Gasteiger partial charge >= 0.3 is 0 Å². The van der Waals surface area contributed by atoms with Crippen LogP contribution in [-0.2, 0) is 0 Å². The van der Waals surface area contributed by atoms with Crippen molar-refractivity contribution in [2.75, 3.05) is 19.0 Å². The van der Waals surface area contributed by atoms with E-state index in [9.17, 15) is 0 Å². The minimum atomic E-state index is 0.307. The van der Waals surface area contributed by atoms with Gasteiger partial charge < -0.3 is 15.8 Å². The highest BCUT2D eigenvalue weighted by atomic mass is 16.5. The Hall–Kier alpha value is -1.36. The van der Waals surface area contributed by atoms with Gasteiger partial charge in [-0.25, -0.2) is 4.98 Å². The van der Waals surface area contributed by atoms with Crippen LogP contribution in [0.5, 0.6) is 5.88 Å². The van der Waals surface area contributed by atoms with Gasteiger partial charge in [0, 0.05) is 24.8 Å². The maximum absolute atomic E-state index is 6.09. The first kappa shape index (κ1) is 12.1. The molecule has 0 bridgehead atoms. The van der Waals surface area contributed by atoms with Gasteiger partial charge in [-0.15, -0.1) is 0 Å². The van der Waals surface area contributed by atoms with Gasteiger partial charge in [-0.05, 0) is 18.8 Å². The van der Waals surface area contributed by atoms with Crippen molar-refractivity contribution in [3.8, 4) is 5.88 Å². The number of rotatable bonds is 4. The SMILES string of the molecule is COc1ccnc(NCC2CCCCC2N)n1. The lowest BCUT2D eigenvalue weighted by Gasteiger charge is -2.28. The van der Waals surface area contributed by atoms with Crippen molar-refractivity contribution < 1.29 is 4.74 Å². The zero-order valence-corrected chi connectivity index (χ0v) is 10.2. The normalized spacial score (nSPS) is 24.4. The Morgan fingerprint density at radius 3 is 3.06 bits per heavy atom. The molecular formula is C12H20N4O. The standard InChI is InChI=1S/C12H20N4O/c1-17-11-6-7-14-12(16-11)15-8-9-4-2-3-5-10(9)13/h6-7,9-10H,2-5,8,13H2,1H3,(H,14,15,16). The molecule has 94 valence electrons. The molecule has 1 fully saturated rings. The number of aromatic nitrogens is 2. The molecule has 0 radical (unpaired) electrons. The van der Waals surface area contributed by atoms with Crippen LogP contribution in [0.3, 0.4) is 0 Å². The summed E-state index contributed by atoms with van der Waals surface area (Å²) in [5.41, 5.74) is 6.09. The average molecular weight is 236 g/mol. The highest BCUT2D eigenvalue weighted by Crippen LogP contribution is 2.23. The first-order valence-electron chi connectivity index (χ1n) is 6.16. The molecule has 5 nitrogen and oxygen atoms in total. The van der Waals surface area contributed by atoms with Gasteiger partial charge in [0.2, 0.25) is 11.8 Å². The predicted molar refractivity (Wildman–Crippen MR) is 67.0 cm³/mol. The van der Waals surface area contributed by atoms with Crippen molar-refractivity contribution in [3.05, 3.63) is 12.3 Å². The molecule has 0 amide bonds. The van der Waals surface area contributed by atoms with Gasteiger partial charge in [0.05, 0.1) is 7.11 Å². The van der Waals surface area contributed by atoms with E-state index in [0.717, 1.165) is 13.0 Å². The molecule has 1 aromatic rings. The Morgan fingerprint density at radius 2 is 2.29 bits per heavy atom. The number of methoxy groups -OCH3 is 1. The van der Waals surface area contributed by atoms with Crippen molar-refractivity contribution >= 4 is 5.95 Å². The summed E-state index contributed by atoms with van der Waals surface area (Å²) in [6, 6.07) is 2.04. The topological polar surface area (TPSA) is 73.1 Å². The highest BCUT2D eigenvalue weighted by molar-refractivity contribution is 5.27. The summed E-state index contributed by atoms with van der Waals surface area (Å²) < 4.78 is 5.05. The summed E-state index contributed by atoms with van der Waals surface area (Å²) in [5, 5.41) is 3.24.